The van der Waals surface area contributed by atoms with Crippen LogP contribution in [0, 0.1) is 0 Å². The molecule has 1 aliphatic rings. The summed E-state index contributed by atoms with van der Waals surface area (Å²) in [5.41, 5.74) is 3.43. The number of benzene rings is 1. The Bertz CT molecular complexity index is 302. The summed E-state index contributed by atoms with van der Waals surface area (Å²) in [7, 11) is 0. The van der Waals surface area contributed by atoms with Crippen molar-refractivity contribution >= 4 is 11.4 Å². The highest BCUT2D eigenvalue weighted by Gasteiger charge is 2.03. The van der Waals surface area contributed by atoms with Crippen LogP contribution in [0.15, 0.2) is 36.2 Å². The van der Waals surface area contributed by atoms with E-state index in [4.69, 9.17) is 0 Å². The molecule has 2 rings (SSSR count). The van der Waals surface area contributed by atoms with Gasteiger partial charge in [0.1, 0.15) is 0 Å². The molecule has 2 N–H and O–H groups in total. The first-order valence-electron chi connectivity index (χ1n) is 3.65. The first-order chi connectivity index (χ1) is 5.36. The molecule has 1 aromatic carbocycles. The Morgan fingerprint density at radius 2 is 1.82 bits per heavy atom. The maximum absolute atomic E-state index is 3.26. The van der Waals surface area contributed by atoms with Crippen LogP contribution < -0.4 is 10.6 Å². The molecule has 1 aliphatic heterocycles. The zero-order chi connectivity index (χ0) is 7.68. The normalized spacial score (nSPS) is 14.1. The van der Waals surface area contributed by atoms with Crippen molar-refractivity contribution in [2.45, 2.75) is 6.92 Å². The molecule has 0 aliphatic carbocycles. The number of hydrogen-bond donors (Lipinski definition) is 2. The Labute approximate surface area is 65.9 Å². The average Bonchev–Trinajstić information content (AvgIpc) is 2.04. The highest BCUT2D eigenvalue weighted by molar-refractivity contribution is 5.73. The number of rotatable bonds is 0. The van der Waals surface area contributed by atoms with Crippen LogP contribution in [0.1, 0.15) is 6.92 Å². The highest BCUT2D eigenvalue weighted by Crippen LogP contribution is 2.25. The summed E-state index contributed by atoms with van der Waals surface area (Å²) in [5, 5.41) is 6.45. The molecule has 1 aromatic rings. The van der Waals surface area contributed by atoms with Crippen LogP contribution in [0.3, 0.4) is 0 Å². The monoisotopic (exact) mass is 146 g/mol. The minimum Gasteiger partial charge on any atom is -0.358 e. The largest absolute Gasteiger partial charge is 0.358 e. The molecular weight excluding hydrogens is 136 g/mol. The third kappa shape index (κ3) is 1.07. The van der Waals surface area contributed by atoms with E-state index in [1.165, 1.54) is 0 Å². The van der Waals surface area contributed by atoms with Gasteiger partial charge in [0.05, 0.1) is 11.4 Å². The van der Waals surface area contributed by atoms with Gasteiger partial charge in [-0.1, -0.05) is 12.1 Å². The number of hydrogen-bond acceptors (Lipinski definition) is 2. The van der Waals surface area contributed by atoms with Gasteiger partial charge in [0.25, 0.3) is 0 Å². The summed E-state index contributed by atoms with van der Waals surface area (Å²) in [5.74, 6) is 0. The number of fused-ring (bicyclic) bond motifs is 1. The van der Waals surface area contributed by atoms with Gasteiger partial charge in [0.2, 0.25) is 0 Å². The van der Waals surface area contributed by atoms with Gasteiger partial charge in [-0.05, 0) is 19.1 Å². The van der Waals surface area contributed by atoms with Crippen molar-refractivity contribution < 1.29 is 0 Å². The minimum absolute atomic E-state index is 1.14. The van der Waals surface area contributed by atoms with E-state index in [9.17, 15) is 0 Å². The van der Waals surface area contributed by atoms with Gasteiger partial charge in [-0.2, -0.15) is 0 Å². The van der Waals surface area contributed by atoms with E-state index in [1.807, 2.05) is 31.3 Å². The van der Waals surface area contributed by atoms with Crippen LogP contribution in [0.2, 0.25) is 0 Å². The van der Waals surface area contributed by atoms with E-state index >= 15 is 0 Å². The predicted molar refractivity (Wildman–Crippen MR) is 47.4 cm³/mol. The highest BCUT2D eigenvalue weighted by atomic mass is 15.0. The fraction of sp³-hybridized carbons (Fsp3) is 0.111. The molecule has 11 heavy (non-hydrogen) atoms. The average molecular weight is 146 g/mol. The lowest BCUT2D eigenvalue weighted by molar-refractivity contribution is 1.31. The molecule has 1 heterocycles. The second-order valence-corrected chi connectivity index (χ2v) is 2.64. The molecule has 0 bridgehead atoms. The van der Waals surface area contributed by atoms with Crippen LogP contribution in [0.4, 0.5) is 11.4 Å². The number of nitrogens with one attached hydrogen (secondary N) is 2. The van der Waals surface area contributed by atoms with Gasteiger partial charge in [0, 0.05) is 11.9 Å². The van der Waals surface area contributed by atoms with Crippen molar-refractivity contribution in [2.75, 3.05) is 10.6 Å². The summed E-state index contributed by atoms with van der Waals surface area (Å²) in [6.45, 7) is 2.03. The summed E-state index contributed by atoms with van der Waals surface area (Å²) in [6.07, 6.45) is 1.96. The SMILES string of the molecule is CC1=CNc2ccccc2N1. The number of anilines is 2. The zero-order valence-corrected chi connectivity index (χ0v) is 6.39. The molecule has 56 valence electrons. The Balaban J connectivity index is 2.42. The van der Waals surface area contributed by atoms with Gasteiger partial charge in [-0.3, -0.25) is 0 Å². The van der Waals surface area contributed by atoms with Crippen LogP contribution in [0.5, 0.6) is 0 Å². The maximum atomic E-state index is 3.26. The van der Waals surface area contributed by atoms with Crippen molar-refractivity contribution in [1.82, 2.24) is 0 Å². The molecule has 0 unspecified atom stereocenters. The quantitative estimate of drug-likeness (QED) is 0.587. The van der Waals surface area contributed by atoms with Crippen LogP contribution in [-0.2, 0) is 0 Å². The fourth-order valence-electron chi connectivity index (χ4n) is 1.15. The van der Waals surface area contributed by atoms with Gasteiger partial charge in [-0.25, -0.2) is 0 Å². The Morgan fingerprint density at radius 3 is 2.64 bits per heavy atom. The molecular formula is C9H10N2. The van der Waals surface area contributed by atoms with Crippen molar-refractivity contribution in [1.29, 1.82) is 0 Å². The number of allylic oxidation sites excluding steroid dienone is 1. The second-order valence-electron chi connectivity index (χ2n) is 2.64. The third-order valence-electron chi connectivity index (χ3n) is 1.70. The Morgan fingerprint density at radius 1 is 1.09 bits per heavy atom. The molecule has 0 saturated heterocycles. The standard InChI is InChI=1S/C9H10N2/c1-7-6-10-8-4-2-3-5-9(8)11-7/h2-6,10-11H,1H3. The Kier molecular flexibility index (Phi) is 1.32. The molecule has 0 amide bonds. The summed E-state index contributed by atoms with van der Waals surface area (Å²) >= 11 is 0. The fourth-order valence-corrected chi connectivity index (χ4v) is 1.15. The van der Waals surface area contributed by atoms with Gasteiger partial charge >= 0.3 is 0 Å². The lowest BCUT2D eigenvalue weighted by Gasteiger charge is -2.17. The number of para-hydroxylation sites is 2. The van der Waals surface area contributed by atoms with Gasteiger partial charge in [-0.15, -0.1) is 0 Å². The van der Waals surface area contributed by atoms with E-state index in [0.29, 0.717) is 0 Å². The smallest absolute Gasteiger partial charge is 0.0621 e. The predicted octanol–water partition coefficient (Wildman–Crippen LogP) is 2.39. The first kappa shape index (κ1) is 6.28. The molecule has 0 saturated carbocycles. The van der Waals surface area contributed by atoms with Crippen LogP contribution in [-0.4, -0.2) is 0 Å². The lowest BCUT2D eigenvalue weighted by Crippen LogP contribution is -2.06. The summed E-state index contributed by atoms with van der Waals surface area (Å²) < 4.78 is 0. The second kappa shape index (κ2) is 2.31. The zero-order valence-electron chi connectivity index (χ0n) is 6.39. The van der Waals surface area contributed by atoms with E-state index in [2.05, 4.69) is 16.7 Å². The van der Waals surface area contributed by atoms with Crippen molar-refractivity contribution in [3.05, 3.63) is 36.2 Å². The topological polar surface area (TPSA) is 24.1 Å². The molecule has 0 atom stereocenters. The van der Waals surface area contributed by atoms with E-state index in [0.717, 1.165) is 17.1 Å². The van der Waals surface area contributed by atoms with Crippen molar-refractivity contribution in [3.8, 4) is 0 Å². The summed E-state index contributed by atoms with van der Waals surface area (Å²) in [4.78, 5) is 0. The minimum atomic E-state index is 1.14. The Hall–Kier alpha value is -1.44. The van der Waals surface area contributed by atoms with E-state index in [1.54, 1.807) is 0 Å². The molecule has 0 fully saturated rings. The van der Waals surface area contributed by atoms with Crippen molar-refractivity contribution in [3.63, 3.8) is 0 Å². The molecule has 2 nitrogen and oxygen atoms in total. The molecule has 0 radical (unpaired) electrons. The molecule has 0 aromatic heterocycles. The van der Waals surface area contributed by atoms with Crippen molar-refractivity contribution in [2.24, 2.45) is 0 Å². The molecule has 0 spiro atoms. The van der Waals surface area contributed by atoms with Crippen LogP contribution in [0.25, 0.3) is 0 Å². The maximum Gasteiger partial charge on any atom is 0.0621 e. The van der Waals surface area contributed by atoms with E-state index < -0.39 is 0 Å². The van der Waals surface area contributed by atoms with E-state index in [-0.39, 0.29) is 0 Å². The van der Waals surface area contributed by atoms with Crippen LogP contribution >= 0.6 is 0 Å². The molecule has 2 heteroatoms. The van der Waals surface area contributed by atoms with Gasteiger partial charge in [0.15, 0.2) is 0 Å². The van der Waals surface area contributed by atoms with Gasteiger partial charge < -0.3 is 10.6 Å². The third-order valence-corrected chi connectivity index (χ3v) is 1.70. The first-order valence-corrected chi connectivity index (χ1v) is 3.65. The lowest BCUT2D eigenvalue weighted by atomic mass is 10.2. The summed E-state index contributed by atoms with van der Waals surface area (Å²) in [6, 6.07) is 8.14.